The summed E-state index contributed by atoms with van der Waals surface area (Å²) in [5, 5.41) is 8.62. The quantitative estimate of drug-likeness (QED) is 0.763. The Bertz CT molecular complexity index is 380. The molecule has 1 heterocycles. The number of aryl methyl sites for hydroxylation is 1. The standard InChI is InChI=1S/C8H8F2N2O2/c1-3-2-4(8(13)14)5(6(9)10)12-7(3)11/h2,6H,1H3,(H2,11,12)(H,13,14). The minimum atomic E-state index is -2.94. The maximum atomic E-state index is 12.3. The van der Waals surface area contributed by atoms with Gasteiger partial charge in [0.15, 0.2) is 0 Å². The molecular formula is C8H8F2N2O2. The number of carboxylic acid groups (broad SMARTS) is 1. The predicted octanol–water partition coefficient (Wildman–Crippen LogP) is 1.61. The molecule has 3 N–H and O–H groups in total. The lowest BCUT2D eigenvalue weighted by Crippen LogP contribution is -2.08. The van der Waals surface area contributed by atoms with Gasteiger partial charge in [-0.15, -0.1) is 0 Å². The third-order valence-electron chi connectivity index (χ3n) is 1.72. The Hall–Kier alpha value is -1.72. The molecule has 76 valence electrons. The molecule has 0 aliphatic heterocycles. The number of anilines is 1. The molecule has 1 aromatic heterocycles. The second-order valence-electron chi connectivity index (χ2n) is 2.73. The van der Waals surface area contributed by atoms with Gasteiger partial charge in [0.2, 0.25) is 0 Å². The lowest BCUT2D eigenvalue weighted by Gasteiger charge is -2.07. The number of halogens is 2. The number of pyridine rings is 1. The minimum absolute atomic E-state index is 0.0784. The Morgan fingerprint density at radius 1 is 1.64 bits per heavy atom. The van der Waals surface area contributed by atoms with E-state index in [9.17, 15) is 13.6 Å². The van der Waals surface area contributed by atoms with E-state index in [0.717, 1.165) is 6.07 Å². The van der Waals surface area contributed by atoms with Crippen LogP contribution in [0.5, 0.6) is 0 Å². The van der Waals surface area contributed by atoms with Gasteiger partial charge in [0.05, 0.1) is 5.56 Å². The van der Waals surface area contributed by atoms with Crippen LogP contribution in [0, 0.1) is 6.92 Å². The van der Waals surface area contributed by atoms with E-state index in [1.165, 1.54) is 6.92 Å². The average Bonchev–Trinajstić information content (AvgIpc) is 2.08. The second-order valence-corrected chi connectivity index (χ2v) is 2.73. The van der Waals surface area contributed by atoms with Gasteiger partial charge in [-0.05, 0) is 18.6 Å². The molecule has 4 nitrogen and oxygen atoms in total. The lowest BCUT2D eigenvalue weighted by molar-refractivity contribution is 0.0682. The van der Waals surface area contributed by atoms with Crippen LogP contribution in [0.25, 0.3) is 0 Å². The van der Waals surface area contributed by atoms with Crippen molar-refractivity contribution in [3.05, 3.63) is 22.9 Å². The summed E-state index contributed by atoms with van der Waals surface area (Å²) in [4.78, 5) is 13.9. The van der Waals surface area contributed by atoms with Gasteiger partial charge in [-0.3, -0.25) is 0 Å². The highest BCUT2D eigenvalue weighted by Gasteiger charge is 2.20. The Balaban J connectivity index is 3.39. The van der Waals surface area contributed by atoms with E-state index in [-0.39, 0.29) is 5.82 Å². The molecule has 0 aliphatic carbocycles. The van der Waals surface area contributed by atoms with Gasteiger partial charge in [-0.1, -0.05) is 0 Å². The van der Waals surface area contributed by atoms with Crippen LogP contribution < -0.4 is 5.73 Å². The van der Waals surface area contributed by atoms with Crippen LogP contribution in [0.1, 0.15) is 28.0 Å². The van der Waals surface area contributed by atoms with Crippen molar-refractivity contribution in [3.63, 3.8) is 0 Å². The number of nitrogen functional groups attached to an aromatic ring is 1. The molecule has 0 atom stereocenters. The van der Waals surface area contributed by atoms with Gasteiger partial charge in [-0.25, -0.2) is 18.6 Å². The summed E-state index contributed by atoms with van der Waals surface area (Å²) < 4.78 is 24.6. The number of carbonyl (C=O) groups is 1. The Morgan fingerprint density at radius 3 is 2.64 bits per heavy atom. The molecule has 0 bridgehead atoms. The molecule has 1 aromatic rings. The molecule has 6 heteroatoms. The fraction of sp³-hybridized carbons (Fsp3) is 0.250. The molecule has 0 unspecified atom stereocenters. The zero-order valence-corrected chi connectivity index (χ0v) is 7.29. The van der Waals surface area contributed by atoms with Crippen molar-refractivity contribution in [2.24, 2.45) is 0 Å². The number of nitrogens with two attached hydrogens (primary N) is 1. The normalized spacial score (nSPS) is 10.6. The summed E-state index contributed by atoms with van der Waals surface area (Å²) in [5.74, 6) is -1.51. The van der Waals surface area contributed by atoms with Crippen LogP contribution in [0.15, 0.2) is 6.07 Å². The van der Waals surface area contributed by atoms with Crippen molar-refractivity contribution in [2.45, 2.75) is 13.3 Å². The molecule has 0 amide bonds. The molecule has 1 rings (SSSR count). The molecule has 14 heavy (non-hydrogen) atoms. The lowest BCUT2D eigenvalue weighted by atomic mass is 10.1. The molecule has 0 spiro atoms. The zero-order chi connectivity index (χ0) is 10.9. The van der Waals surface area contributed by atoms with Crippen LogP contribution in [-0.4, -0.2) is 16.1 Å². The number of aromatic carboxylic acids is 1. The van der Waals surface area contributed by atoms with Crippen molar-refractivity contribution in [3.8, 4) is 0 Å². The van der Waals surface area contributed by atoms with Crippen molar-refractivity contribution in [2.75, 3.05) is 5.73 Å². The molecule has 0 radical (unpaired) electrons. The highest BCUT2D eigenvalue weighted by atomic mass is 19.3. The maximum absolute atomic E-state index is 12.3. The number of alkyl halides is 2. The third kappa shape index (κ3) is 1.78. The van der Waals surface area contributed by atoms with Gasteiger partial charge < -0.3 is 10.8 Å². The highest BCUT2D eigenvalue weighted by Crippen LogP contribution is 2.23. The number of rotatable bonds is 2. The second kappa shape index (κ2) is 3.57. The van der Waals surface area contributed by atoms with E-state index in [2.05, 4.69) is 4.98 Å². The summed E-state index contributed by atoms with van der Waals surface area (Å²) >= 11 is 0. The number of aromatic nitrogens is 1. The summed E-state index contributed by atoms with van der Waals surface area (Å²) in [7, 11) is 0. The monoisotopic (exact) mass is 202 g/mol. The van der Waals surface area contributed by atoms with E-state index < -0.39 is 23.7 Å². The summed E-state index contributed by atoms with van der Waals surface area (Å²) in [5.41, 5.74) is 4.36. The number of carboxylic acids is 1. The van der Waals surface area contributed by atoms with Gasteiger partial charge in [0.25, 0.3) is 6.43 Å². The van der Waals surface area contributed by atoms with Crippen LogP contribution >= 0.6 is 0 Å². The van der Waals surface area contributed by atoms with Crippen molar-refractivity contribution in [1.82, 2.24) is 4.98 Å². The Kier molecular flexibility index (Phi) is 2.64. The van der Waals surface area contributed by atoms with Crippen LogP contribution in [-0.2, 0) is 0 Å². The van der Waals surface area contributed by atoms with Gasteiger partial charge >= 0.3 is 5.97 Å². The summed E-state index contributed by atoms with van der Waals surface area (Å²) in [6.45, 7) is 1.50. The maximum Gasteiger partial charge on any atom is 0.337 e. The Morgan fingerprint density at radius 2 is 2.21 bits per heavy atom. The highest BCUT2D eigenvalue weighted by molar-refractivity contribution is 5.89. The average molecular weight is 202 g/mol. The predicted molar refractivity (Wildman–Crippen MR) is 45.3 cm³/mol. The fourth-order valence-corrected chi connectivity index (χ4v) is 0.980. The van der Waals surface area contributed by atoms with E-state index in [1.54, 1.807) is 0 Å². The van der Waals surface area contributed by atoms with Crippen LogP contribution in [0.4, 0.5) is 14.6 Å². The topological polar surface area (TPSA) is 76.2 Å². The van der Waals surface area contributed by atoms with E-state index >= 15 is 0 Å². The van der Waals surface area contributed by atoms with Gasteiger partial charge in [0, 0.05) is 0 Å². The molecule has 0 aromatic carbocycles. The summed E-state index contributed by atoms with van der Waals surface area (Å²) in [6.07, 6.45) is -2.94. The van der Waals surface area contributed by atoms with E-state index in [0.29, 0.717) is 5.56 Å². The first-order chi connectivity index (χ1) is 6.43. The largest absolute Gasteiger partial charge is 0.478 e. The van der Waals surface area contributed by atoms with Crippen molar-refractivity contribution in [1.29, 1.82) is 0 Å². The fourth-order valence-electron chi connectivity index (χ4n) is 0.980. The van der Waals surface area contributed by atoms with Crippen molar-refractivity contribution < 1.29 is 18.7 Å². The summed E-state index contributed by atoms with van der Waals surface area (Å²) in [6, 6.07) is 1.09. The molecule has 0 fully saturated rings. The third-order valence-corrected chi connectivity index (χ3v) is 1.72. The smallest absolute Gasteiger partial charge is 0.337 e. The molecular weight excluding hydrogens is 194 g/mol. The Labute approximate surface area is 78.4 Å². The zero-order valence-electron chi connectivity index (χ0n) is 7.29. The van der Waals surface area contributed by atoms with Gasteiger partial charge in [-0.2, -0.15) is 0 Å². The SMILES string of the molecule is Cc1cc(C(=O)O)c(C(F)F)nc1N. The van der Waals surface area contributed by atoms with Gasteiger partial charge in [0.1, 0.15) is 11.5 Å². The van der Waals surface area contributed by atoms with Crippen molar-refractivity contribution >= 4 is 11.8 Å². The molecule has 0 saturated heterocycles. The first-order valence-electron chi connectivity index (χ1n) is 3.72. The number of hydrogen-bond donors (Lipinski definition) is 2. The van der Waals surface area contributed by atoms with Crippen LogP contribution in [0.3, 0.4) is 0 Å². The first kappa shape index (κ1) is 10.4. The van der Waals surface area contributed by atoms with E-state index in [1.807, 2.05) is 0 Å². The molecule has 0 aliphatic rings. The first-order valence-corrected chi connectivity index (χ1v) is 3.72. The minimum Gasteiger partial charge on any atom is -0.478 e. The van der Waals surface area contributed by atoms with Crippen LogP contribution in [0.2, 0.25) is 0 Å². The molecule has 0 saturated carbocycles. The number of nitrogens with zero attached hydrogens (tertiary/aromatic N) is 1. The van der Waals surface area contributed by atoms with E-state index in [4.69, 9.17) is 10.8 Å². The number of hydrogen-bond acceptors (Lipinski definition) is 3.